The van der Waals surface area contributed by atoms with Gasteiger partial charge in [0.05, 0.1) is 6.10 Å². The molecule has 0 aliphatic rings. The van der Waals surface area contributed by atoms with Gasteiger partial charge < -0.3 is 10.2 Å². The molecule has 0 fully saturated rings. The number of aliphatic hydroxyl groups excluding tert-OH is 1. The van der Waals surface area contributed by atoms with E-state index in [9.17, 15) is 4.79 Å². The Bertz CT molecular complexity index is 140. The number of rotatable bonds is 5. The second-order valence-corrected chi connectivity index (χ2v) is 2.41. The van der Waals surface area contributed by atoms with Gasteiger partial charge in [0.2, 0.25) is 0 Å². The van der Waals surface area contributed by atoms with Crippen LogP contribution in [-0.2, 0) is 4.79 Å². The smallest absolute Gasteiger partial charge is 0.328 e. The molecule has 0 aromatic carbocycles. The molecular formula is C8H14O3. The van der Waals surface area contributed by atoms with Gasteiger partial charge in [-0.25, -0.2) is 4.79 Å². The van der Waals surface area contributed by atoms with E-state index in [0.29, 0.717) is 6.42 Å². The van der Waals surface area contributed by atoms with Gasteiger partial charge in [-0.15, -0.1) is 0 Å². The van der Waals surface area contributed by atoms with Crippen LogP contribution in [0.15, 0.2) is 12.2 Å². The first-order valence-electron chi connectivity index (χ1n) is 3.76. The highest BCUT2D eigenvalue weighted by atomic mass is 16.4. The lowest BCUT2D eigenvalue weighted by Gasteiger charge is -2.01. The zero-order valence-corrected chi connectivity index (χ0v) is 6.66. The molecule has 0 aliphatic heterocycles. The molecule has 1 unspecified atom stereocenters. The number of aliphatic hydroxyl groups is 1. The van der Waals surface area contributed by atoms with E-state index >= 15 is 0 Å². The van der Waals surface area contributed by atoms with E-state index in [1.165, 1.54) is 6.08 Å². The van der Waals surface area contributed by atoms with Crippen LogP contribution in [-0.4, -0.2) is 22.3 Å². The molecule has 3 heteroatoms. The quantitative estimate of drug-likeness (QED) is 0.590. The summed E-state index contributed by atoms with van der Waals surface area (Å²) in [5.41, 5.74) is 0. The molecule has 0 aliphatic carbocycles. The first-order chi connectivity index (χ1) is 5.16. The molecule has 0 heterocycles. The summed E-state index contributed by atoms with van der Waals surface area (Å²) in [6.45, 7) is 2.02. The summed E-state index contributed by atoms with van der Waals surface area (Å²) in [7, 11) is 0. The maximum absolute atomic E-state index is 9.98. The minimum atomic E-state index is -1.01. The van der Waals surface area contributed by atoms with Crippen molar-refractivity contribution in [2.45, 2.75) is 32.3 Å². The molecule has 0 aromatic rings. The first-order valence-corrected chi connectivity index (χ1v) is 3.76. The van der Waals surface area contributed by atoms with Gasteiger partial charge in [0.25, 0.3) is 0 Å². The van der Waals surface area contributed by atoms with Gasteiger partial charge in [-0.2, -0.15) is 0 Å². The van der Waals surface area contributed by atoms with E-state index in [0.717, 1.165) is 18.9 Å². The number of carboxylic acid groups (broad SMARTS) is 1. The van der Waals surface area contributed by atoms with Gasteiger partial charge in [-0.3, -0.25) is 0 Å². The summed E-state index contributed by atoms with van der Waals surface area (Å²) in [5.74, 6) is -1.01. The average molecular weight is 158 g/mol. The van der Waals surface area contributed by atoms with Crippen molar-refractivity contribution in [3.05, 3.63) is 12.2 Å². The van der Waals surface area contributed by atoms with Crippen molar-refractivity contribution in [1.29, 1.82) is 0 Å². The van der Waals surface area contributed by atoms with Gasteiger partial charge in [0.1, 0.15) is 0 Å². The van der Waals surface area contributed by atoms with Gasteiger partial charge in [-0.1, -0.05) is 19.8 Å². The van der Waals surface area contributed by atoms with Crippen LogP contribution < -0.4 is 0 Å². The highest BCUT2D eigenvalue weighted by Gasteiger charge is 1.97. The van der Waals surface area contributed by atoms with Crippen molar-refractivity contribution in [3.63, 3.8) is 0 Å². The van der Waals surface area contributed by atoms with Gasteiger partial charge >= 0.3 is 5.97 Å². The molecule has 0 amide bonds. The second kappa shape index (κ2) is 5.92. The van der Waals surface area contributed by atoms with Crippen LogP contribution in [0.5, 0.6) is 0 Å². The zero-order valence-electron chi connectivity index (χ0n) is 6.66. The summed E-state index contributed by atoms with van der Waals surface area (Å²) >= 11 is 0. The minimum absolute atomic E-state index is 0.606. The summed E-state index contributed by atoms with van der Waals surface area (Å²) in [4.78, 5) is 9.98. The Balaban J connectivity index is 3.50. The molecule has 0 rings (SSSR count). The van der Waals surface area contributed by atoms with Gasteiger partial charge in [-0.05, 0) is 12.5 Å². The Morgan fingerprint density at radius 1 is 1.64 bits per heavy atom. The van der Waals surface area contributed by atoms with E-state index in [1.54, 1.807) is 0 Å². The van der Waals surface area contributed by atoms with Gasteiger partial charge in [0, 0.05) is 6.08 Å². The Labute approximate surface area is 66.4 Å². The average Bonchev–Trinajstić information content (AvgIpc) is 1.97. The van der Waals surface area contributed by atoms with Crippen molar-refractivity contribution < 1.29 is 15.0 Å². The zero-order chi connectivity index (χ0) is 8.69. The summed E-state index contributed by atoms with van der Waals surface area (Å²) in [6.07, 6.45) is 4.24. The fourth-order valence-corrected chi connectivity index (χ4v) is 0.703. The topological polar surface area (TPSA) is 57.5 Å². The van der Waals surface area contributed by atoms with E-state index in [4.69, 9.17) is 10.2 Å². The predicted octanol–water partition coefficient (Wildman–Crippen LogP) is 1.18. The Hall–Kier alpha value is -0.830. The number of carbonyl (C=O) groups is 1. The molecule has 0 spiro atoms. The highest BCUT2D eigenvalue weighted by molar-refractivity contribution is 5.79. The maximum Gasteiger partial charge on any atom is 0.328 e. The number of hydrogen-bond donors (Lipinski definition) is 2. The molecule has 0 saturated carbocycles. The highest BCUT2D eigenvalue weighted by Crippen LogP contribution is 2.00. The van der Waals surface area contributed by atoms with Crippen LogP contribution in [0.3, 0.4) is 0 Å². The van der Waals surface area contributed by atoms with Crippen molar-refractivity contribution in [3.8, 4) is 0 Å². The minimum Gasteiger partial charge on any atom is -0.478 e. The largest absolute Gasteiger partial charge is 0.478 e. The Morgan fingerprint density at radius 2 is 2.27 bits per heavy atom. The van der Waals surface area contributed by atoms with Crippen LogP contribution in [0.25, 0.3) is 0 Å². The van der Waals surface area contributed by atoms with Crippen molar-refractivity contribution >= 4 is 5.97 Å². The molecule has 0 aromatic heterocycles. The lowest BCUT2D eigenvalue weighted by atomic mass is 10.1. The van der Waals surface area contributed by atoms with E-state index in [-0.39, 0.29) is 0 Å². The SMILES string of the molecule is CCCCC(O)/C=C\C(=O)O. The van der Waals surface area contributed by atoms with E-state index < -0.39 is 12.1 Å². The molecule has 2 N–H and O–H groups in total. The molecule has 1 atom stereocenters. The summed E-state index contributed by atoms with van der Waals surface area (Å²) < 4.78 is 0. The van der Waals surface area contributed by atoms with Crippen LogP contribution >= 0.6 is 0 Å². The fraction of sp³-hybridized carbons (Fsp3) is 0.625. The number of hydrogen-bond acceptors (Lipinski definition) is 2. The predicted molar refractivity (Wildman–Crippen MR) is 42.3 cm³/mol. The monoisotopic (exact) mass is 158 g/mol. The molecule has 11 heavy (non-hydrogen) atoms. The number of unbranched alkanes of at least 4 members (excludes halogenated alkanes) is 1. The van der Waals surface area contributed by atoms with Crippen LogP contribution in [0.2, 0.25) is 0 Å². The number of aliphatic carboxylic acids is 1. The van der Waals surface area contributed by atoms with Crippen LogP contribution in [0, 0.1) is 0 Å². The molecule has 0 radical (unpaired) electrons. The first kappa shape index (κ1) is 10.2. The van der Waals surface area contributed by atoms with Gasteiger partial charge in [0.15, 0.2) is 0 Å². The van der Waals surface area contributed by atoms with Crippen molar-refractivity contribution in [2.24, 2.45) is 0 Å². The third kappa shape index (κ3) is 7.06. The van der Waals surface area contributed by atoms with Crippen molar-refractivity contribution in [2.75, 3.05) is 0 Å². The third-order valence-corrected chi connectivity index (χ3v) is 1.31. The normalized spacial score (nSPS) is 13.6. The third-order valence-electron chi connectivity index (χ3n) is 1.31. The van der Waals surface area contributed by atoms with Crippen LogP contribution in [0.1, 0.15) is 26.2 Å². The summed E-state index contributed by atoms with van der Waals surface area (Å²) in [6, 6.07) is 0. The second-order valence-electron chi connectivity index (χ2n) is 2.41. The maximum atomic E-state index is 9.98. The van der Waals surface area contributed by atoms with E-state index in [1.807, 2.05) is 6.92 Å². The number of carboxylic acids is 1. The molecular weight excluding hydrogens is 144 g/mol. The van der Waals surface area contributed by atoms with Crippen LogP contribution in [0.4, 0.5) is 0 Å². The lowest BCUT2D eigenvalue weighted by molar-refractivity contribution is -0.131. The Morgan fingerprint density at radius 3 is 2.73 bits per heavy atom. The van der Waals surface area contributed by atoms with Crippen molar-refractivity contribution in [1.82, 2.24) is 0 Å². The fourth-order valence-electron chi connectivity index (χ4n) is 0.703. The van der Waals surface area contributed by atoms with E-state index in [2.05, 4.69) is 0 Å². The molecule has 64 valence electrons. The molecule has 3 nitrogen and oxygen atoms in total. The molecule has 0 saturated heterocycles. The molecule has 0 bridgehead atoms. The Kier molecular flexibility index (Phi) is 5.47. The standard InChI is InChI=1S/C8H14O3/c1-2-3-4-7(9)5-6-8(10)11/h5-7,9H,2-4H2,1H3,(H,10,11)/b6-5-. The lowest BCUT2D eigenvalue weighted by Crippen LogP contribution is -2.02. The summed E-state index contributed by atoms with van der Waals surface area (Å²) in [5, 5.41) is 17.3.